The van der Waals surface area contributed by atoms with Gasteiger partial charge in [-0.3, -0.25) is 14.8 Å². The number of fused-ring (bicyclic) bond motifs is 1. The Morgan fingerprint density at radius 2 is 2.25 bits per heavy atom. The van der Waals surface area contributed by atoms with Gasteiger partial charge in [0.25, 0.3) is 5.91 Å². The van der Waals surface area contributed by atoms with E-state index in [1.54, 1.807) is 10.9 Å². The summed E-state index contributed by atoms with van der Waals surface area (Å²) >= 11 is 0. The van der Waals surface area contributed by atoms with Gasteiger partial charge < -0.3 is 10.7 Å². The number of nitrogens with two attached hydrogens (primary N) is 1. The number of imidazole rings is 1. The Kier molecular flexibility index (Phi) is 2.86. The lowest BCUT2D eigenvalue weighted by molar-refractivity contribution is 0.102. The molecule has 3 rings (SSSR count). The lowest BCUT2D eigenvalue weighted by atomic mass is 10.3. The molecular formula is C13H14N6O. The average Bonchev–Trinajstić information content (AvgIpc) is 3.01. The highest BCUT2D eigenvalue weighted by Crippen LogP contribution is 2.15. The van der Waals surface area contributed by atoms with Crippen LogP contribution in [0.5, 0.6) is 0 Å². The molecule has 0 atom stereocenters. The fourth-order valence-electron chi connectivity index (χ4n) is 1.95. The molecule has 0 aliphatic heterocycles. The van der Waals surface area contributed by atoms with Crippen LogP contribution in [0.25, 0.3) is 11.0 Å². The molecule has 0 radical (unpaired) electrons. The highest BCUT2D eigenvalue weighted by molar-refractivity contribution is 6.05. The summed E-state index contributed by atoms with van der Waals surface area (Å²) in [6.07, 6.45) is 1.63. The second-order valence-electron chi connectivity index (χ2n) is 4.35. The van der Waals surface area contributed by atoms with E-state index < -0.39 is 0 Å². The van der Waals surface area contributed by atoms with Crippen molar-refractivity contribution in [1.29, 1.82) is 0 Å². The Balaban J connectivity index is 1.86. The van der Waals surface area contributed by atoms with E-state index >= 15 is 0 Å². The molecule has 0 saturated carbocycles. The van der Waals surface area contributed by atoms with Crippen molar-refractivity contribution in [2.24, 2.45) is 0 Å². The summed E-state index contributed by atoms with van der Waals surface area (Å²) in [7, 11) is 0. The molecule has 7 nitrogen and oxygen atoms in total. The van der Waals surface area contributed by atoms with Crippen molar-refractivity contribution >= 4 is 28.6 Å². The largest absolute Gasteiger partial charge is 0.396 e. The van der Waals surface area contributed by atoms with Gasteiger partial charge in [0.2, 0.25) is 5.95 Å². The Bertz CT molecular complexity index is 739. The number of hydrogen-bond donors (Lipinski definition) is 3. The zero-order valence-corrected chi connectivity index (χ0v) is 10.9. The summed E-state index contributed by atoms with van der Waals surface area (Å²) < 4.78 is 1.61. The number of para-hydroxylation sites is 2. The summed E-state index contributed by atoms with van der Waals surface area (Å²) in [5.74, 6) is -0.00426. The molecule has 20 heavy (non-hydrogen) atoms. The van der Waals surface area contributed by atoms with E-state index in [0.717, 1.165) is 11.0 Å². The highest BCUT2D eigenvalue weighted by Gasteiger charge is 2.16. The number of anilines is 2. The number of carbonyl (C=O) groups excluding carboxylic acids is 1. The molecule has 0 unspecified atom stereocenters. The number of carbonyl (C=O) groups is 1. The molecule has 0 saturated heterocycles. The number of rotatable bonds is 3. The molecule has 0 fully saturated rings. The van der Waals surface area contributed by atoms with Crippen molar-refractivity contribution in [2.75, 3.05) is 11.1 Å². The SMILES string of the molecule is CCn1cc(N)c(C(=O)Nc2nc3ccccc3[nH]2)n1. The van der Waals surface area contributed by atoms with Crippen molar-refractivity contribution < 1.29 is 4.79 Å². The van der Waals surface area contributed by atoms with Crippen LogP contribution in [-0.4, -0.2) is 25.7 Å². The van der Waals surface area contributed by atoms with Crippen LogP contribution in [0, 0.1) is 0 Å². The molecule has 2 aromatic heterocycles. The van der Waals surface area contributed by atoms with Crippen molar-refractivity contribution in [3.63, 3.8) is 0 Å². The molecule has 0 bridgehead atoms. The fourth-order valence-corrected chi connectivity index (χ4v) is 1.95. The molecule has 1 amide bonds. The van der Waals surface area contributed by atoms with Gasteiger partial charge in [0.1, 0.15) is 0 Å². The smallest absolute Gasteiger partial charge is 0.280 e. The average molecular weight is 270 g/mol. The molecule has 3 aromatic rings. The molecule has 4 N–H and O–H groups in total. The molecule has 0 spiro atoms. The van der Waals surface area contributed by atoms with Gasteiger partial charge in [-0.1, -0.05) is 12.1 Å². The molecule has 7 heteroatoms. The lowest BCUT2D eigenvalue weighted by Gasteiger charge is -1.99. The molecule has 2 heterocycles. The zero-order valence-electron chi connectivity index (χ0n) is 10.9. The van der Waals surface area contributed by atoms with Crippen LogP contribution in [0.1, 0.15) is 17.4 Å². The van der Waals surface area contributed by atoms with Crippen LogP contribution in [0.3, 0.4) is 0 Å². The summed E-state index contributed by atoms with van der Waals surface area (Å²) in [5.41, 5.74) is 7.96. The normalized spacial score (nSPS) is 10.8. The van der Waals surface area contributed by atoms with Gasteiger partial charge in [-0.05, 0) is 19.1 Å². The topological polar surface area (TPSA) is 102 Å². The number of hydrogen-bond acceptors (Lipinski definition) is 4. The third-order valence-corrected chi connectivity index (χ3v) is 2.95. The van der Waals surface area contributed by atoms with E-state index in [4.69, 9.17) is 5.73 Å². The van der Waals surface area contributed by atoms with Crippen molar-refractivity contribution in [3.05, 3.63) is 36.2 Å². The van der Waals surface area contributed by atoms with Gasteiger partial charge in [0.15, 0.2) is 5.69 Å². The molecule has 0 aliphatic rings. The van der Waals surface area contributed by atoms with E-state index in [0.29, 0.717) is 18.2 Å². The van der Waals surface area contributed by atoms with Crippen LogP contribution in [-0.2, 0) is 6.54 Å². The van der Waals surface area contributed by atoms with E-state index in [9.17, 15) is 4.79 Å². The number of aromatic nitrogens is 4. The monoisotopic (exact) mass is 270 g/mol. The predicted octanol–water partition coefficient (Wildman–Crippen LogP) is 1.61. The second kappa shape index (κ2) is 4.69. The van der Waals surface area contributed by atoms with E-state index in [2.05, 4.69) is 20.4 Å². The summed E-state index contributed by atoms with van der Waals surface area (Å²) in [6.45, 7) is 2.58. The lowest BCUT2D eigenvalue weighted by Crippen LogP contribution is -2.15. The van der Waals surface area contributed by atoms with Crippen LogP contribution in [0.15, 0.2) is 30.5 Å². The second-order valence-corrected chi connectivity index (χ2v) is 4.35. The zero-order chi connectivity index (χ0) is 14.1. The van der Waals surface area contributed by atoms with Gasteiger partial charge >= 0.3 is 0 Å². The first kappa shape index (κ1) is 12.2. The maximum Gasteiger partial charge on any atom is 0.280 e. The van der Waals surface area contributed by atoms with Crippen LogP contribution >= 0.6 is 0 Å². The third kappa shape index (κ3) is 2.09. The van der Waals surface area contributed by atoms with Crippen molar-refractivity contribution in [3.8, 4) is 0 Å². The quantitative estimate of drug-likeness (QED) is 0.673. The molecule has 0 aliphatic carbocycles. The number of nitrogens with one attached hydrogen (secondary N) is 2. The van der Waals surface area contributed by atoms with Gasteiger partial charge in [0.05, 0.1) is 16.7 Å². The van der Waals surface area contributed by atoms with E-state index in [1.165, 1.54) is 0 Å². The van der Waals surface area contributed by atoms with Crippen molar-refractivity contribution in [1.82, 2.24) is 19.7 Å². The number of benzene rings is 1. The first-order valence-corrected chi connectivity index (χ1v) is 6.26. The minimum absolute atomic E-state index is 0.201. The summed E-state index contributed by atoms with van der Waals surface area (Å²) in [6, 6.07) is 7.53. The molecule has 102 valence electrons. The molecular weight excluding hydrogens is 256 g/mol. The number of amides is 1. The third-order valence-electron chi connectivity index (χ3n) is 2.95. The van der Waals surface area contributed by atoms with Crippen LogP contribution < -0.4 is 11.1 Å². The summed E-state index contributed by atoms with van der Waals surface area (Å²) in [4.78, 5) is 19.4. The van der Waals surface area contributed by atoms with E-state index in [1.807, 2.05) is 31.2 Å². The van der Waals surface area contributed by atoms with E-state index in [-0.39, 0.29) is 11.6 Å². The number of nitrogen functional groups attached to an aromatic ring is 1. The standard InChI is InChI=1S/C13H14N6O/c1-2-19-7-8(14)11(18-19)12(20)17-13-15-9-5-3-4-6-10(9)16-13/h3-7H,2,14H2,1H3,(H2,15,16,17,20). The Hall–Kier alpha value is -2.83. The Morgan fingerprint density at radius 1 is 1.45 bits per heavy atom. The molecule has 1 aromatic carbocycles. The minimum atomic E-state index is -0.381. The number of aromatic amines is 1. The first-order valence-electron chi connectivity index (χ1n) is 6.26. The Morgan fingerprint density at radius 3 is 2.95 bits per heavy atom. The maximum atomic E-state index is 12.1. The number of aryl methyl sites for hydroxylation is 1. The van der Waals surface area contributed by atoms with Crippen LogP contribution in [0.2, 0.25) is 0 Å². The fraction of sp³-hybridized carbons (Fsp3) is 0.154. The number of H-pyrrole nitrogens is 1. The van der Waals surface area contributed by atoms with Gasteiger partial charge in [-0.2, -0.15) is 5.10 Å². The predicted molar refractivity (Wildman–Crippen MR) is 76.4 cm³/mol. The highest BCUT2D eigenvalue weighted by atomic mass is 16.2. The van der Waals surface area contributed by atoms with Gasteiger partial charge in [-0.15, -0.1) is 0 Å². The van der Waals surface area contributed by atoms with Crippen molar-refractivity contribution in [2.45, 2.75) is 13.5 Å². The maximum absolute atomic E-state index is 12.1. The van der Waals surface area contributed by atoms with Crippen LogP contribution in [0.4, 0.5) is 11.6 Å². The summed E-state index contributed by atoms with van der Waals surface area (Å²) in [5, 5.41) is 6.78. The number of nitrogens with zero attached hydrogens (tertiary/aromatic N) is 3. The first-order chi connectivity index (χ1) is 9.67. The Labute approximate surface area is 114 Å². The van der Waals surface area contributed by atoms with Gasteiger partial charge in [0, 0.05) is 12.7 Å². The minimum Gasteiger partial charge on any atom is -0.396 e. The van der Waals surface area contributed by atoms with Gasteiger partial charge in [-0.25, -0.2) is 4.98 Å².